The topological polar surface area (TPSA) is 130 Å². The first kappa shape index (κ1) is 31.6. The van der Waals surface area contributed by atoms with Crippen molar-refractivity contribution in [2.75, 3.05) is 10.6 Å². The van der Waals surface area contributed by atoms with Crippen LogP contribution in [-0.2, 0) is 9.59 Å². The molecule has 0 aliphatic rings. The van der Waals surface area contributed by atoms with Crippen LogP contribution in [0.5, 0.6) is 0 Å². The van der Waals surface area contributed by atoms with Crippen molar-refractivity contribution in [1.82, 2.24) is 5.32 Å². The number of halogens is 1. The predicted molar refractivity (Wildman–Crippen MR) is 170 cm³/mol. The molecule has 4 aromatic carbocycles. The van der Waals surface area contributed by atoms with Crippen LogP contribution in [0.25, 0.3) is 6.08 Å². The molecule has 0 saturated heterocycles. The van der Waals surface area contributed by atoms with Gasteiger partial charge in [-0.15, -0.1) is 11.8 Å². The Hall–Kier alpha value is -5.29. The van der Waals surface area contributed by atoms with Crippen LogP contribution in [0.4, 0.5) is 21.5 Å². The van der Waals surface area contributed by atoms with Gasteiger partial charge in [0.25, 0.3) is 17.5 Å². The van der Waals surface area contributed by atoms with Crippen molar-refractivity contribution in [3.05, 3.63) is 135 Å². The van der Waals surface area contributed by atoms with E-state index < -0.39 is 27.8 Å². The average molecular weight is 613 g/mol. The van der Waals surface area contributed by atoms with Crippen molar-refractivity contribution in [2.45, 2.75) is 30.4 Å². The molecule has 0 aromatic heterocycles. The lowest BCUT2D eigenvalue weighted by molar-refractivity contribution is -0.384. The molecule has 1 unspecified atom stereocenters. The van der Waals surface area contributed by atoms with Gasteiger partial charge in [0.05, 0.1) is 15.9 Å². The highest BCUT2D eigenvalue weighted by Gasteiger charge is 2.21. The molecule has 3 amide bonds. The highest BCUT2D eigenvalue weighted by Crippen LogP contribution is 2.30. The summed E-state index contributed by atoms with van der Waals surface area (Å²) < 4.78 is 14.4. The molecule has 0 aliphatic carbocycles. The number of carbonyl (C=O) groups is 3. The summed E-state index contributed by atoms with van der Waals surface area (Å²) in [5.41, 5.74) is 1.58. The van der Waals surface area contributed by atoms with E-state index in [1.807, 2.05) is 6.92 Å². The average Bonchev–Trinajstić information content (AvgIpc) is 3.02. The molecule has 0 bridgehead atoms. The van der Waals surface area contributed by atoms with Crippen molar-refractivity contribution >= 4 is 52.6 Å². The maximum absolute atomic E-state index is 14.4. The summed E-state index contributed by atoms with van der Waals surface area (Å²) in [6, 6.07) is 25.3. The third-order valence-corrected chi connectivity index (χ3v) is 7.82. The molecule has 0 fully saturated rings. The van der Waals surface area contributed by atoms with Crippen LogP contribution in [0.3, 0.4) is 0 Å². The lowest BCUT2D eigenvalue weighted by Gasteiger charge is -2.17. The van der Waals surface area contributed by atoms with Gasteiger partial charge in [0, 0.05) is 33.8 Å². The molecule has 11 heteroatoms. The second-order valence-electron chi connectivity index (χ2n) is 9.64. The number of non-ortho nitro benzene ring substituents is 1. The minimum atomic E-state index is -0.675. The van der Waals surface area contributed by atoms with E-state index in [1.54, 1.807) is 73.7 Å². The molecular formula is C33H29FN4O5S. The number of anilines is 2. The Kier molecular flexibility index (Phi) is 10.6. The Labute approximate surface area is 257 Å². The Morgan fingerprint density at radius 3 is 2.36 bits per heavy atom. The Morgan fingerprint density at radius 2 is 1.66 bits per heavy atom. The van der Waals surface area contributed by atoms with Crippen molar-refractivity contribution in [3.8, 4) is 0 Å². The molecule has 4 aromatic rings. The van der Waals surface area contributed by atoms with Gasteiger partial charge in [-0.2, -0.15) is 0 Å². The van der Waals surface area contributed by atoms with Gasteiger partial charge in [-0.1, -0.05) is 55.5 Å². The number of benzene rings is 4. The van der Waals surface area contributed by atoms with Gasteiger partial charge in [-0.3, -0.25) is 24.5 Å². The third kappa shape index (κ3) is 8.39. The standard InChI is InChI=1S/C33H29FN4O5S/c1-3-30(33(41)36-28-20-25(38(42)43)17-16-21(28)2)44-26-14-9-13-24(19-26)35-32(40)29(18-23-12-7-8-15-27(23)34)37-31(39)22-10-5-4-6-11-22/h4-20,30H,3H2,1-2H3,(H,35,40)(H,36,41)(H,37,39)/b29-18-. The molecule has 1 atom stereocenters. The summed E-state index contributed by atoms with van der Waals surface area (Å²) in [7, 11) is 0. The molecule has 44 heavy (non-hydrogen) atoms. The lowest BCUT2D eigenvalue weighted by atomic mass is 10.1. The van der Waals surface area contributed by atoms with E-state index in [0.29, 0.717) is 33.8 Å². The van der Waals surface area contributed by atoms with E-state index in [-0.39, 0.29) is 22.9 Å². The van der Waals surface area contributed by atoms with Crippen LogP contribution in [0, 0.1) is 22.9 Å². The smallest absolute Gasteiger partial charge is 0.272 e. The number of nitro groups is 1. The van der Waals surface area contributed by atoms with Crippen LogP contribution >= 0.6 is 11.8 Å². The Morgan fingerprint density at radius 1 is 0.932 bits per heavy atom. The number of hydrogen-bond acceptors (Lipinski definition) is 6. The zero-order valence-electron chi connectivity index (χ0n) is 23.9. The Bertz CT molecular complexity index is 1730. The van der Waals surface area contributed by atoms with Gasteiger partial charge >= 0.3 is 0 Å². The number of carbonyl (C=O) groups excluding carboxylic acids is 3. The van der Waals surface area contributed by atoms with Gasteiger partial charge in [-0.25, -0.2) is 4.39 Å². The number of thioether (sulfide) groups is 1. The zero-order valence-corrected chi connectivity index (χ0v) is 24.7. The number of rotatable bonds is 11. The molecule has 9 nitrogen and oxygen atoms in total. The molecule has 0 saturated carbocycles. The minimum absolute atomic E-state index is 0.117. The predicted octanol–water partition coefficient (Wildman–Crippen LogP) is 6.96. The fraction of sp³-hybridized carbons (Fsp3) is 0.121. The molecule has 0 aliphatic heterocycles. The highest BCUT2D eigenvalue weighted by atomic mass is 32.2. The van der Waals surface area contributed by atoms with E-state index >= 15 is 0 Å². The van der Waals surface area contributed by atoms with Crippen LogP contribution in [0.1, 0.15) is 34.8 Å². The van der Waals surface area contributed by atoms with Crippen LogP contribution in [-0.4, -0.2) is 27.9 Å². The fourth-order valence-electron chi connectivity index (χ4n) is 4.09. The first-order valence-corrected chi connectivity index (χ1v) is 14.5. The van der Waals surface area contributed by atoms with E-state index in [0.717, 1.165) is 0 Å². The van der Waals surface area contributed by atoms with E-state index in [4.69, 9.17) is 0 Å². The monoisotopic (exact) mass is 612 g/mol. The third-order valence-electron chi connectivity index (χ3n) is 6.46. The Balaban J connectivity index is 1.51. The number of nitrogens with one attached hydrogen (secondary N) is 3. The van der Waals surface area contributed by atoms with Crippen molar-refractivity contribution in [2.24, 2.45) is 0 Å². The van der Waals surface area contributed by atoms with Gasteiger partial charge in [0.2, 0.25) is 5.91 Å². The highest BCUT2D eigenvalue weighted by molar-refractivity contribution is 8.00. The largest absolute Gasteiger partial charge is 0.325 e. The van der Waals surface area contributed by atoms with Gasteiger partial charge in [0.15, 0.2) is 0 Å². The summed E-state index contributed by atoms with van der Waals surface area (Å²) in [6.45, 7) is 3.59. The molecule has 3 N–H and O–H groups in total. The van der Waals surface area contributed by atoms with E-state index in [2.05, 4.69) is 16.0 Å². The zero-order chi connectivity index (χ0) is 31.6. The normalized spacial score (nSPS) is 11.8. The summed E-state index contributed by atoms with van der Waals surface area (Å²) >= 11 is 1.26. The van der Waals surface area contributed by atoms with Crippen molar-refractivity contribution in [1.29, 1.82) is 0 Å². The fourth-order valence-corrected chi connectivity index (χ4v) is 5.11. The minimum Gasteiger partial charge on any atom is -0.325 e. The molecule has 0 radical (unpaired) electrons. The summed E-state index contributed by atoms with van der Waals surface area (Å²) in [4.78, 5) is 50.7. The number of nitro benzene ring substituents is 1. The molecular weight excluding hydrogens is 583 g/mol. The van der Waals surface area contributed by atoms with Gasteiger partial charge in [0.1, 0.15) is 11.5 Å². The van der Waals surface area contributed by atoms with Crippen molar-refractivity contribution in [3.63, 3.8) is 0 Å². The lowest BCUT2D eigenvalue weighted by Crippen LogP contribution is -2.30. The van der Waals surface area contributed by atoms with Crippen molar-refractivity contribution < 1.29 is 23.7 Å². The van der Waals surface area contributed by atoms with Crippen LogP contribution in [0.15, 0.2) is 108 Å². The second kappa shape index (κ2) is 14.7. The van der Waals surface area contributed by atoms with E-state index in [9.17, 15) is 28.9 Å². The SMILES string of the molecule is CCC(Sc1cccc(NC(=O)/C(=C/c2ccccc2F)NC(=O)c2ccccc2)c1)C(=O)Nc1cc([N+](=O)[O-])ccc1C. The van der Waals surface area contributed by atoms with Crippen LogP contribution in [0.2, 0.25) is 0 Å². The second-order valence-corrected chi connectivity index (χ2v) is 10.9. The van der Waals surface area contributed by atoms with E-state index in [1.165, 1.54) is 48.2 Å². The first-order valence-electron chi connectivity index (χ1n) is 13.6. The number of aryl methyl sites for hydroxylation is 1. The molecule has 0 spiro atoms. The van der Waals surface area contributed by atoms with Crippen LogP contribution < -0.4 is 16.0 Å². The number of amides is 3. The number of hydrogen-bond donors (Lipinski definition) is 3. The quantitative estimate of drug-likeness (QED) is 0.0727. The van der Waals surface area contributed by atoms with Gasteiger partial charge in [-0.05, 0) is 61.4 Å². The maximum atomic E-state index is 14.4. The molecule has 4 rings (SSSR count). The summed E-state index contributed by atoms with van der Waals surface area (Å²) in [5, 5.41) is 18.7. The summed E-state index contributed by atoms with van der Waals surface area (Å²) in [5.74, 6) is -2.10. The molecule has 224 valence electrons. The molecule has 0 heterocycles. The van der Waals surface area contributed by atoms with Gasteiger partial charge < -0.3 is 16.0 Å². The first-order chi connectivity index (χ1) is 21.1. The maximum Gasteiger partial charge on any atom is 0.272 e. The summed E-state index contributed by atoms with van der Waals surface area (Å²) in [6.07, 6.45) is 1.72. The number of nitrogens with zero attached hydrogens (tertiary/aromatic N) is 1.